The van der Waals surface area contributed by atoms with Gasteiger partial charge in [-0.15, -0.1) is 0 Å². The average molecular weight is 410 g/mol. The van der Waals surface area contributed by atoms with Crippen molar-refractivity contribution in [2.24, 2.45) is 7.05 Å². The molecule has 4 heteroatoms. The van der Waals surface area contributed by atoms with E-state index in [1.165, 1.54) is 0 Å². The molecule has 0 atom stereocenters. The number of aryl methyl sites for hydroxylation is 2. The first kappa shape index (κ1) is 14.6. The van der Waals surface area contributed by atoms with E-state index in [4.69, 9.17) is 11.6 Å². The maximum atomic E-state index is 12.9. The molecule has 0 radical (unpaired) electrons. The number of carbonyl (C=O) groups excluding carboxylic acids is 1. The van der Waals surface area contributed by atoms with Gasteiger partial charge in [0.25, 0.3) is 0 Å². The maximum Gasteiger partial charge on any atom is 0.196 e. The highest BCUT2D eigenvalue weighted by molar-refractivity contribution is 14.1. The molecule has 1 heterocycles. The Kier molecular flexibility index (Phi) is 3.80. The molecule has 0 bridgehead atoms. The van der Waals surface area contributed by atoms with Crippen molar-refractivity contribution in [1.82, 2.24) is 4.57 Å². The van der Waals surface area contributed by atoms with Gasteiger partial charge in [-0.25, -0.2) is 0 Å². The first-order valence-corrected chi connectivity index (χ1v) is 7.99. The molecule has 3 rings (SSSR count). The molecule has 2 nitrogen and oxygen atoms in total. The molecule has 0 N–H and O–H groups in total. The molecule has 0 spiro atoms. The molecular weight excluding hydrogens is 397 g/mol. The van der Waals surface area contributed by atoms with Gasteiger partial charge >= 0.3 is 0 Å². The molecule has 0 saturated heterocycles. The topological polar surface area (TPSA) is 22.0 Å². The largest absolute Gasteiger partial charge is 0.350 e. The zero-order valence-corrected chi connectivity index (χ0v) is 14.6. The fraction of sp³-hybridized carbons (Fsp3) is 0.118. The number of halogens is 2. The van der Waals surface area contributed by atoms with E-state index in [1.54, 1.807) is 0 Å². The van der Waals surface area contributed by atoms with E-state index < -0.39 is 0 Å². The zero-order valence-electron chi connectivity index (χ0n) is 11.7. The number of aromatic nitrogens is 1. The van der Waals surface area contributed by atoms with Crippen molar-refractivity contribution in [3.05, 3.63) is 67.9 Å². The van der Waals surface area contributed by atoms with Crippen molar-refractivity contribution in [3.63, 3.8) is 0 Å². The summed E-state index contributed by atoms with van der Waals surface area (Å²) < 4.78 is 2.95. The molecule has 0 aliphatic rings. The number of carbonyl (C=O) groups is 1. The fourth-order valence-corrected chi connectivity index (χ4v) is 3.28. The van der Waals surface area contributed by atoms with Gasteiger partial charge in [-0.1, -0.05) is 29.8 Å². The monoisotopic (exact) mass is 409 g/mol. The second-order valence-corrected chi connectivity index (χ2v) is 6.60. The minimum atomic E-state index is 0.0519. The van der Waals surface area contributed by atoms with Gasteiger partial charge in [-0.2, -0.15) is 0 Å². The van der Waals surface area contributed by atoms with Crippen LogP contribution < -0.4 is 0 Å². The van der Waals surface area contributed by atoms with Gasteiger partial charge in [0.1, 0.15) is 0 Å². The standard InChI is InChI=1S/C17H13ClINO/c1-10-4-3-5-13(16(10)19)17(21)14-9-20(2)15-8-11(18)6-7-12(14)15/h3-9H,1-2H3. The number of hydrogen-bond donors (Lipinski definition) is 0. The van der Waals surface area contributed by atoms with E-state index >= 15 is 0 Å². The number of hydrogen-bond acceptors (Lipinski definition) is 1. The van der Waals surface area contributed by atoms with Gasteiger partial charge in [0, 0.05) is 43.9 Å². The second kappa shape index (κ2) is 5.46. The molecule has 0 aliphatic heterocycles. The molecule has 0 aliphatic carbocycles. The smallest absolute Gasteiger partial charge is 0.196 e. The molecule has 1 aromatic heterocycles. The Morgan fingerprint density at radius 3 is 2.71 bits per heavy atom. The van der Waals surface area contributed by atoms with Gasteiger partial charge in [0.05, 0.1) is 0 Å². The predicted octanol–water partition coefficient (Wildman–Crippen LogP) is 4.98. The molecule has 0 amide bonds. The zero-order chi connectivity index (χ0) is 15.1. The van der Waals surface area contributed by atoms with Gasteiger partial charge in [-0.05, 0) is 53.3 Å². The normalized spacial score (nSPS) is 11.0. The highest BCUT2D eigenvalue weighted by atomic mass is 127. The van der Waals surface area contributed by atoms with Crippen LogP contribution in [0.4, 0.5) is 0 Å². The Balaban J connectivity index is 2.21. The quantitative estimate of drug-likeness (QED) is 0.432. The Labute approximate surface area is 141 Å². The molecular formula is C17H13ClINO. The van der Waals surface area contributed by atoms with Crippen LogP contribution in [0.25, 0.3) is 10.9 Å². The number of benzene rings is 2. The number of nitrogens with zero attached hydrogens (tertiary/aromatic N) is 1. The fourth-order valence-electron chi connectivity index (χ4n) is 2.51. The third-order valence-electron chi connectivity index (χ3n) is 3.63. The van der Waals surface area contributed by atoms with Gasteiger partial charge in [0.2, 0.25) is 0 Å². The number of ketones is 1. The Bertz CT molecular complexity index is 867. The Morgan fingerprint density at radius 2 is 1.95 bits per heavy atom. The lowest BCUT2D eigenvalue weighted by Crippen LogP contribution is -2.04. The van der Waals surface area contributed by atoms with Crippen molar-refractivity contribution < 1.29 is 4.79 Å². The lowest BCUT2D eigenvalue weighted by Gasteiger charge is -2.05. The summed E-state index contributed by atoms with van der Waals surface area (Å²) >= 11 is 8.28. The Hall–Kier alpha value is -1.33. The molecule has 0 fully saturated rings. The SMILES string of the molecule is Cc1cccc(C(=O)c2cn(C)c3cc(Cl)ccc23)c1I. The Morgan fingerprint density at radius 1 is 1.19 bits per heavy atom. The maximum absolute atomic E-state index is 12.9. The van der Waals surface area contributed by atoms with Crippen molar-refractivity contribution in [2.75, 3.05) is 0 Å². The van der Waals surface area contributed by atoms with Crippen molar-refractivity contribution in [1.29, 1.82) is 0 Å². The lowest BCUT2D eigenvalue weighted by atomic mass is 10.0. The molecule has 106 valence electrons. The van der Waals surface area contributed by atoms with Crippen molar-refractivity contribution in [3.8, 4) is 0 Å². The van der Waals surface area contributed by atoms with E-state index in [9.17, 15) is 4.79 Å². The van der Waals surface area contributed by atoms with Crippen LogP contribution in [0.2, 0.25) is 5.02 Å². The van der Waals surface area contributed by atoms with E-state index in [0.29, 0.717) is 10.6 Å². The highest BCUT2D eigenvalue weighted by Crippen LogP contribution is 2.27. The van der Waals surface area contributed by atoms with E-state index in [1.807, 2.05) is 61.1 Å². The number of fused-ring (bicyclic) bond motifs is 1. The summed E-state index contributed by atoms with van der Waals surface area (Å²) in [6.45, 7) is 2.02. The van der Waals surface area contributed by atoms with Crippen LogP contribution in [0.5, 0.6) is 0 Å². The summed E-state index contributed by atoms with van der Waals surface area (Å²) in [4.78, 5) is 12.9. The van der Waals surface area contributed by atoms with Crippen LogP contribution in [0.15, 0.2) is 42.6 Å². The van der Waals surface area contributed by atoms with Crippen LogP contribution >= 0.6 is 34.2 Å². The molecule has 0 saturated carbocycles. The van der Waals surface area contributed by atoms with Crippen LogP contribution in [0, 0.1) is 10.5 Å². The molecule has 2 aromatic carbocycles. The van der Waals surface area contributed by atoms with Crippen LogP contribution in [0.1, 0.15) is 21.5 Å². The molecule has 3 aromatic rings. The van der Waals surface area contributed by atoms with E-state index in [0.717, 1.165) is 25.6 Å². The minimum Gasteiger partial charge on any atom is -0.350 e. The minimum absolute atomic E-state index is 0.0519. The van der Waals surface area contributed by atoms with Crippen LogP contribution in [-0.4, -0.2) is 10.4 Å². The molecule has 0 unspecified atom stereocenters. The van der Waals surface area contributed by atoms with Crippen molar-refractivity contribution in [2.45, 2.75) is 6.92 Å². The van der Waals surface area contributed by atoms with E-state index in [2.05, 4.69) is 22.6 Å². The summed E-state index contributed by atoms with van der Waals surface area (Å²) in [6.07, 6.45) is 1.88. The summed E-state index contributed by atoms with van der Waals surface area (Å²) in [5.41, 5.74) is 3.55. The van der Waals surface area contributed by atoms with Gasteiger partial charge in [0.15, 0.2) is 5.78 Å². The third-order valence-corrected chi connectivity index (χ3v) is 5.30. The van der Waals surface area contributed by atoms with Crippen molar-refractivity contribution >= 4 is 50.9 Å². The van der Waals surface area contributed by atoms with Crippen LogP contribution in [0.3, 0.4) is 0 Å². The molecule has 21 heavy (non-hydrogen) atoms. The summed E-state index contributed by atoms with van der Waals surface area (Å²) in [5.74, 6) is 0.0519. The number of rotatable bonds is 2. The average Bonchev–Trinajstić information content (AvgIpc) is 2.78. The summed E-state index contributed by atoms with van der Waals surface area (Å²) in [5, 5.41) is 1.61. The van der Waals surface area contributed by atoms with E-state index in [-0.39, 0.29) is 5.78 Å². The first-order chi connectivity index (χ1) is 9.99. The first-order valence-electron chi connectivity index (χ1n) is 6.53. The predicted molar refractivity (Wildman–Crippen MR) is 95.3 cm³/mol. The highest BCUT2D eigenvalue weighted by Gasteiger charge is 2.18. The third kappa shape index (κ3) is 2.49. The van der Waals surface area contributed by atoms with Gasteiger partial charge in [-0.3, -0.25) is 4.79 Å². The van der Waals surface area contributed by atoms with Gasteiger partial charge < -0.3 is 4.57 Å². The lowest BCUT2D eigenvalue weighted by molar-refractivity contribution is 0.103. The van der Waals surface area contributed by atoms with Crippen LogP contribution in [-0.2, 0) is 7.05 Å². The summed E-state index contributed by atoms with van der Waals surface area (Å²) in [7, 11) is 1.93. The second-order valence-electron chi connectivity index (χ2n) is 5.08. The summed E-state index contributed by atoms with van der Waals surface area (Å²) in [6, 6.07) is 11.4.